The van der Waals surface area contributed by atoms with Crippen LogP contribution in [0.25, 0.3) is 0 Å². The summed E-state index contributed by atoms with van der Waals surface area (Å²) in [6.07, 6.45) is 1.44. The van der Waals surface area contributed by atoms with Crippen LogP contribution in [0.2, 0.25) is 5.02 Å². The van der Waals surface area contributed by atoms with Gasteiger partial charge in [-0.25, -0.2) is 4.39 Å². The van der Waals surface area contributed by atoms with Crippen LogP contribution in [-0.2, 0) is 6.54 Å². The number of nitrogens with one attached hydrogen (secondary N) is 1. The lowest BCUT2D eigenvalue weighted by Crippen LogP contribution is -2.04. The van der Waals surface area contributed by atoms with E-state index in [0.29, 0.717) is 17.3 Å². The minimum atomic E-state index is -0.564. The van der Waals surface area contributed by atoms with Crippen molar-refractivity contribution in [3.63, 3.8) is 0 Å². The second-order valence-corrected chi connectivity index (χ2v) is 3.75. The van der Waals surface area contributed by atoms with E-state index in [1.807, 2.05) is 0 Å². The van der Waals surface area contributed by atoms with E-state index >= 15 is 0 Å². The zero-order valence-electron chi connectivity index (χ0n) is 9.04. The van der Waals surface area contributed by atoms with Crippen LogP contribution < -0.4 is 10.1 Å². The van der Waals surface area contributed by atoms with Crippen LogP contribution in [0.15, 0.2) is 28.9 Å². The zero-order valence-corrected chi connectivity index (χ0v) is 9.79. The van der Waals surface area contributed by atoms with Gasteiger partial charge in [-0.05, 0) is 25.2 Å². The van der Waals surface area contributed by atoms with Gasteiger partial charge < -0.3 is 14.5 Å². The van der Waals surface area contributed by atoms with Crippen molar-refractivity contribution in [3.05, 3.63) is 41.0 Å². The molecule has 0 unspecified atom stereocenters. The third kappa shape index (κ3) is 2.95. The average molecular weight is 257 g/mol. The molecule has 2 aromatic rings. The monoisotopic (exact) mass is 256 g/mol. The summed E-state index contributed by atoms with van der Waals surface area (Å²) in [6.45, 7) is 0.552. The Balaban J connectivity index is 2.13. The van der Waals surface area contributed by atoms with E-state index < -0.39 is 5.82 Å². The highest BCUT2D eigenvalue weighted by atomic mass is 35.5. The molecule has 4 nitrogen and oxygen atoms in total. The highest BCUT2D eigenvalue weighted by Gasteiger charge is 2.10. The molecule has 0 aliphatic heterocycles. The third-order valence-electron chi connectivity index (χ3n) is 1.98. The molecule has 0 bridgehead atoms. The Labute approximate surface area is 102 Å². The minimum Gasteiger partial charge on any atom is -0.417 e. The normalized spacial score (nSPS) is 10.5. The predicted octanol–water partition coefficient (Wildman–Crippen LogP) is 2.98. The van der Waals surface area contributed by atoms with Crippen LogP contribution in [-0.4, -0.2) is 12.0 Å². The maximum absolute atomic E-state index is 13.4. The number of oxazole rings is 1. The van der Waals surface area contributed by atoms with Crippen LogP contribution in [0, 0.1) is 5.82 Å². The minimum absolute atomic E-state index is 0.00327. The number of nitrogens with zero attached hydrogens (tertiary/aromatic N) is 1. The van der Waals surface area contributed by atoms with Crippen molar-refractivity contribution >= 4 is 11.6 Å². The number of ether oxygens (including phenoxy) is 1. The topological polar surface area (TPSA) is 47.3 Å². The van der Waals surface area contributed by atoms with Crippen LogP contribution in [0.1, 0.15) is 5.69 Å². The molecule has 90 valence electrons. The molecule has 0 aliphatic carbocycles. The smallest absolute Gasteiger partial charge is 0.399 e. The van der Waals surface area contributed by atoms with E-state index in [-0.39, 0.29) is 11.8 Å². The molecule has 1 heterocycles. The first-order valence-electron chi connectivity index (χ1n) is 4.91. The molecule has 0 fully saturated rings. The molecule has 17 heavy (non-hydrogen) atoms. The lowest BCUT2D eigenvalue weighted by atomic mass is 10.3. The molecule has 0 radical (unpaired) electrons. The number of hydrogen-bond acceptors (Lipinski definition) is 4. The summed E-state index contributed by atoms with van der Waals surface area (Å²) < 4.78 is 23.6. The Bertz CT molecular complexity index is 516. The van der Waals surface area contributed by atoms with Gasteiger partial charge in [-0.1, -0.05) is 11.6 Å². The number of benzene rings is 1. The molecule has 0 atom stereocenters. The first-order valence-corrected chi connectivity index (χ1v) is 5.29. The molecule has 1 N–H and O–H groups in total. The second kappa shape index (κ2) is 5.16. The molecule has 6 heteroatoms. The number of halogens is 2. The Kier molecular flexibility index (Phi) is 3.61. The van der Waals surface area contributed by atoms with Crippen LogP contribution in [0.3, 0.4) is 0 Å². The van der Waals surface area contributed by atoms with Gasteiger partial charge in [-0.3, -0.25) is 0 Å². The van der Waals surface area contributed by atoms with E-state index in [2.05, 4.69) is 10.3 Å². The molecule has 0 aliphatic rings. The van der Waals surface area contributed by atoms with Gasteiger partial charge in [0.05, 0.1) is 5.69 Å². The highest BCUT2D eigenvalue weighted by molar-refractivity contribution is 6.30. The number of rotatable bonds is 4. The van der Waals surface area contributed by atoms with Crippen LogP contribution >= 0.6 is 11.6 Å². The maximum Gasteiger partial charge on any atom is 0.399 e. The fourth-order valence-electron chi connectivity index (χ4n) is 1.25. The SMILES string of the molecule is CNCc1coc(Oc2ccc(Cl)cc2F)n1. The molecule has 1 aromatic carbocycles. The van der Waals surface area contributed by atoms with E-state index in [1.165, 1.54) is 18.4 Å². The second-order valence-electron chi connectivity index (χ2n) is 3.31. The molecular formula is C11H10ClFN2O2. The highest BCUT2D eigenvalue weighted by Crippen LogP contribution is 2.26. The largest absolute Gasteiger partial charge is 0.417 e. The van der Waals surface area contributed by atoms with Crippen LogP contribution in [0.4, 0.5) is 4.39 Å². The standard InChI is InChI=1S/C11H10ClFN2O2/c1-14-5-8-6-16-11(15-8)17-10-3-2-7(12)4-9(10)13/h2-4,6,14H,5H2,1H3. The van der Waals surface area contributed by atoms with Crippen molar-refractivity contribution < 1.29 is 13.5 Å². The lowest BCUT2D eigenvalue weighted by molar-refractivity contribution is 0.318. The summed E-state index contributed by atoms with van der Waals surface area (Å²) in [6, 6.07) is 4.10. The molecule has 0 spiro atoms. The van der Waals surface area contributed by atoms with Gasteiger partial charge in [0.1, 0.15) is 6.26 Å². The molecule has 1 aromatic heterocycles. The van der Waals surface area contributed by atoms with Gasteiger partial charge in [0.2, 0.25) is 0 Å². The fourth-order valence-corrected chi connectivity index (χ4v) is 1.41. The van der Waals surface area contributed by atoms with Gasteiger partial charge in [0, 0.05) is 11.6 Å². The Hall–Kier alpha value is -1.59. The first-order chi connectivity index (χ1) is 8.19. The van der Waals surface area contributed by atoms with Crippen molar-refractivity contribution in [2.45, 2.75) is 6.54 Å². The first kappa shape index (κ1) is 11.9. The molecule has 0 saturated heterocycles. The maximum atomic E-state index is 13.4. The summed E-state index contributed by atoms with van der Waals surface area (Å²) >= 11 is 5.62. The summed E-state index contributed by atoms with van der Waals surface area (Å²) in [5.74, 6) is -0.543. The summed E-state index contributed by atoms with van der Waals surface area (Å²) in [5, 5.41) is 3.21. The van der Waals surface area contributed by atoms with E-state index in [0.717, 1.165) is 6.07 Å². The summed E-state index contributed by atoms with van der Waals surface area (Å²) in [4.78, 5) is 4.01. The quantitative estimate of drug-likeness (QED) is 0.914. The van der Waals surface area contributed by atoms with E-state index in [1.54, 1.807) is 7.05 Å². The Morgan fingerprint density at radius 1 is 1.53 bits per heavy atom. The van der Waals surface area contributed by atoms with Crippen molar-refractivity contribution in [1.82, 2.24) is 10.3 Å². The van der Waals surface area contributed by atoms with Crippen molar-refractivity contribution in [1.29, 1.82) is 0 Å². The van der Waals surface area contributed by atoms with Gasteiger partial charge in [0.25, 0.3) is 0 Å². The van der Waals surface area contributed by atoms with Crippen molar-refractivity contribution in [2.75, 3.05) is 7.05 Å². The zero-order chi connectivity index (χ0) is 12.3. The summed E-state index contributed by atoms with van der Waals surface area (Å²) in [7, 11) is 1.79. The molecule has 0 amide bonds. The molecule has 2 rings (SSSR count). The Morgan fingerprint density at radius 3 is 3.06 bits per heavy atom. The predicted molar refractivity (Wildman–Crippen MR) is 60.8 cm³/mol. The van der Waals surface area contributed by atoms with Gasteiger partial charge in [-0.15, -0.1) is 0 Å². The Morgan fingerprint density at radius 2 is 2.35 bits per heavy atom. The number of hydrogen-bond donors (Lipinski definition) is 1. The fraction of sp³-hybridized carbons (Fsp3) is 0.182. The van der Waals surface area contributed by atoms with Crippen molar-refractivity contribution in [3.8, 4) is 11.8 Å². The third-order valence-corrected chi connectivity index (χ3v) is 2.21. The molecular weight excluding hydrogens is 247 g/mol. The van der Waals surface area contributed by atoms with E-state index in [9.17, 15) is 4.39 Å². The lowest BCUT2D eigenvalue weighted by Gasteiger charge is -2.01. The van der Waals surface area contributed by atoms with Crippen LogP contribution in [0.5, 0.6) is 11.8 Å². The van der Waals surface area contributed by atoms with Gasteiger partial charge >= 0.3 is 6.08 Å². The van der Waals surface area contributed by atoms with Gasteiger partial charge in [-0.2, -0.15) is 4.98 Å². The molecule has 0 saturated carbocycles. The van der Waals surface area contributed by atoms with Gasteiger partial charge in [0.15, 0.2) is 11.6 Å². The van der Waals surface area contributed by atoms with Crippen molar-refractivity contribution in [2.24, 2.45) is 0 Å². The average Bonchev–Trinajstić information content (AvgIpc) is 2.71. The number of aromatic nitrogens is 1. The summed E-state index contributed by atoms with van der Waals surface area (Å²) in [5.41, 5.74) is 0.678. The van der Waals surface area contributed by atoms with E-state index in [4.69, 9.17) is 20.8 Å².